The van der Waals surface area contributed by atoms with Crippen LogP contribution in [0.5, 0.6) is 0 Å². The van der Waals surface area contributed by atoms with E-state index < -0.39 is 24.0 Å². The van der Waals surface area contributed by atoms with Crippen LogP contribution in [0, 0.1) is 5.92 Å². The molecule has 0 aromatic heterocycles. The van der Waals surface area contributed by atoms with Crippen molar-refractivity contribution < 1.29 is 27.9 Å². The standard InChI is InChI=1S/C12H16F3NO3/c1-7(8(2)11(18)19)10(17)16-5-3-9(4-6-16)12(13,14)15/h9H,3-6H2,1-2H3,(H,18,19)/b8-7+. The maximum atomic E-state index is 12.5. The van der Waals surface area contributed by atoms with E-state index in [0.717, 1.165) is 0 Å². The second-order valence-electron chi connectivity index (χ2n) is 4.66. The lowest BCUT2D eigenvalue weighted by molar-refractivity contribution is -0.186. The fourth-order valence-electron chi connectivity index (χ4n) is 1.97. The van der Waals surface area contributed by atoms with Gasteiger partial charge in [-0.05, 0) is 26.7 Å². The minimum absolute atomic E-state index is 0.00719. The first kappa shape index (κ1) is 15.5. The Bertz CT molecular complexity index is 407. The van der Waals surface area contributed by atoms with Gasteiger partial charge in [-0.2, -0.15) is 13.2 Å². The van der Waals surface area contributed by atoms with E-state index >= 15 is 0 Å². The normalized spacial score (nSPS) is 19.1. The highest BCUT2D eigenvalue weighted by molar-refractivity contribution is 6.01. The highest BCUT2D eigenvalue weighted by atomic mass is 19.4. The SMILES string of the molecule is C/C(C(=O)O)=C(/C)C(=O)N1CCC(C(F)(F)F)CC1. The number of nitrogens with zero attached hydrogens (tertiary/aromatic N) is 1. The minimum atomic E-state index is -4.23. The van der Waals surface area contributed by atoms with Crippen molar-refractivity contribution in [2.24, 2.45) is 5.92 Å². The van der Waals surface area contributed by atoms with Gasteiger partial charge in [0.05, 0.1) is 5.92 Å². The van der Waals surface area contributed by atoms with Gasteiger partial charge in [0.25, 0.3) is 0 Å². The van der Waals surface area contributed by atoms with Crippen molar-refractivity contribution in [1.82, 2.24) is 4.90 Å². The molecule has 0 atom stereocenters. The van der Waals surface area contributed by atoms with E-state index in [1.54, 1.807) is 0 Å². The Morgan fingerprint density at radius 3 is 1.95 bits per heavy atom. The summed E-state index contributed by atoms with van der Waals surface area (Å²) >= 11 is 0. The molecular formula is C12H16F3NO3. The molecule has 1 amide bonds. The van der Waals surface area contributed by atoms with Gasteiger partial charge in [-0.1, -0.05) is 0 Å². The Hall–Kier alpha value is -1.53. The first-order valence-corrected chi connectivity index (χ1v) is 5.91. The molecule has 7 heteroatoms. The lowest BCUT2D eigenvalue weighted by atomic mass is 9.95. The molecule has 1 heterocycles. The number of halogens is 3. The fraction of sp³-hybridized carbons (Fsp3) is 0.667. The zero-order valence-corrected chi connectivity index (χ0v) is 10.8. The number of alkyl halides is 3. The molecule has 0 spiro atoms. The average Bonchev–Trinajstić information content (AvgIpc) is 2.35. The zero-order valence-electron chi connectivity index (χ0n) is 10.8. The molecule has 0 unspecified atom stereocenters. The number of rotatable bonds is 2. The molecule has 0 aromatic carbocycles. The summed E-state index contributed by atoms with van der Waals surface area (Å²) in [5, 5.41) is 8.77. The van der Waals surface area contributed by atoms with Gasteiger partial charge in [-0.15, -0.1) is 0 Å². The van der Waals surface area contributed by atoms with Crippen molar-refractivity contribution in [2.45, 2.75) is 32.9 Å². The molecule has 1 aliphatic heterocycles. The highest BCUT2D eigenvalue weighted by Crippen LogP contribution is 2.34. The molecule has 0 radical (unpaired) electrons. The van der Waals surface area contributed by atoms with E-state index in [0.29, 0.717) is 0 Å². The van der Waals surface area contributed by atoms with Gasteiger partial charge in [0.2, 0.25) is 5.91 Å². The number of carboxylic acids is 1. The molecule has 0 aliphatic carbocycles. The van der Waals surface area contributed by atoms with E-state index in [1.165, 1.54) is 18.7 Å². The maximum absolute atomic E-state index is 12.5. The predicted molar refractivity (Wildman–Crippen MR) is 61.4 cm³/mol. The number of likely N-dealkylation sites (tertiary alicyclic amines) is 1. The van der Waals surface area contributed by atoms with Gasteiger partial charge in [0, 0.05) is 24.2 Å². The van der Waals surface area contributed by atoms with Crippen LogP contribution >= 0.6 is 0 Å². The summed E-state index contributed by atoms with van der Waals surface area (Å²) in [6.45, 7) is 2.69. The van der Waals surface area contributed by atoms with Gasteiger partial charge in [-0.3, -0.25) is 4.79 Å². The Labute approximate surface area is 108 Å². The number of carbonyl (C=O) groups is 2. The van der Waals surface area contributed by atoms with Gasteiger partial charge in [-0.25, -0.2) is 4.79 Å². The largest absolute Gasteiger partial charge is 0.478 e. The number of piperidine rings is 1. The van der Waals surface area contributed by atoms with Crippen molar-refractivity contribution in [3.05, 3.63) is 11.1 Å². The number of carbonyl (C=O) groups excluding carboxylic acids is 1. The summed E-state index contributed by atoms with van der Waals surface area (Å²) in [4.78, 5) is 23.9. The molecule has 1 saturated heterocycles. The molecular weight excluding hydrogens is 263 g/mol. The Morgan fingerprint density at radius 2 is 1.58 bits per heavy atom. The summed E-state index contributed by atoms with van der Waals surface area (Å²) in [6.07, 6.45) is -4.49. The number of hydrogen-bond donors (Lipinski definition) is 1. The summed E-state index contributed by atoms with van der Waals surface area (Å²) in [5.41, 5.74) is -0.0131. The molecule has 1 aliphatic rings. The predicted octanol–water partition coefficient (Wildman–Crippen LogP) is 2.21. The summed E-state index contributed by atoms with van der Waals surface area (Å²) < 4.78 is 37.4. The zero-order chi connectivity index (χ0) is 14.8. The van der Waals surface area contributed by atoms with Crippen LogP contribution in [-0.2, 0) is 9.59 Å². The topological polar surface area (TPSA) is 57.6 Å². The third kappa shape index (κ3) is 3.71. The molecule has 1 N–H and O–H groups in total. The van der Waals surface area contributed by atoms with Crippen LogP contribution in [0.25, 0.3) is 0 Å². The maximum Gasteiger partial charge on any atom is 0.391 e. The monoisotopic (exact) mass is 279 g/mol. The number of aliphatic carboxylic acids is 1. The van der Waals surface area contributed by atoms with Crippen LogP contribution in [0.1, 0.15) is 26.7 Å². The number of hydrogen-bond acceptors (Lipinski definition) is 2. The van der Waals surface area contributed by atoms with E-state index in [1.807, 2.05) is 0 Å². The molecule has 0 bridgehead atoms. The molecule has 4 nitrogen and oxygen atoms in total. The summed E-state index contributed by atoms with van der Waals surface area (Å²) in [7, 11) is 0. The Morgan fingerprint density at radius 1 is 1.11 bits per heavy atom. The second-order valence-corrected chi connectivity index (χ2v) is 4.66. The lowest BCUT2D eigenvalue weighted by Gasteiger charge is -2.33. The van der Waals surface area contributed by atoms with Crippen LogP contribution in [0.15, 0.2) is 11.1 Å². The van der Waals surface area contributed by atoms with Crippen LogP contribution in [-0.4, -0.2) is 41.1 Å². The van der Waals surface area contributed by atoms with Crippen molar-refractivity contribution >= 4 is 11.9 Å². The summed E-state index contributed by atoms with van der Waals surface area (Å²) in [5.74, 6) is -3.07. The van der Waals surface area contributed by atoms with E-state index in [-0.39, 0.29) is 37.1 Å². The fourth-order valence-corrected chi connectivity index (χ4v) is 1.97. The molecule has 108 valence electrons. The van der Waals surface area contributed by atoms with Crippen molar-refractivity contribution in [3.63, 3.8) is 0 Å². The quantitative estimate of drug-likeness (QED) is 0.788. The van der Waals surface area contributed by atoms with E-state index in [9.17, 15) is 22.8 Å². The van der Waals surface area contributed by atoms with Crippen molar-refractivity contribution in [1.29, 1.82) is 0 Å². The minimum Gasteiger partial charge on any atom is -0.478 e. The first-order valence-electron chi connectivity index (χ1n) is 5.91. The van der Waals surface area contributed by atoms with Crippen LogP contribution in [0.4, 0.5) is 13.2 Å². The Balaban J connectivity index is 2.69. The van der Waals surface area contributed by atoms with Gasteiger partial charge >= 0.3 is 12.1 Å². The third-order valence-corrected chi connectivity index (χ3v) is 3.45. The molecule has 1 rings (SSSR count). The lowest BCUT2D eigenvalue weighted by Crippen LogP contribution is -2.42. The molecule has 0 saturated carbocycles. The average molecular weight is 279 g/mol. The summed E-state index contributed by atoms with van der Waals surface area (Å²) in [6, 6.07) is 0. The van der Waals surface area contributed by atoms with Crippen LogP contribution in [0.2, 0.25) is 0 Å². The Kier molecular flexibility index (Phi) is 4.60. The second kappa shape index (κ2) is 5.63. The number of carboxylic acid groups (broad SMARTS) is 1. The van der Waals surface area contributed by atoms with Crippen LogP contribution < -0.4 is 0 Å². The first-order chi connectivity index (χ1) is 8.64. The molecule has 1 fully saturated rings. The highest BCUT2D eigenvalue weighted by Gasteiger charge is 2.41. The van der Waals surface area contributed by atoms with Crippen LogP contribution in [0.3, 0.4) is 0 Å². The van der Waals surface area contributed by atoms with Gasteiger partial charge in [0.15, 0.2) is 0 Å². The van der Waals surface area contributed by atoms with Gasteiger partial charge in [0.1, 0.15) is 0 Å². The van der Waals surface area contributed by atoms with Crippen molar-refractivity contribution in [3.8, 4) is 0 Å². The smallest absolute Gasteiger partial charge is 0.391 e. The molecule has 19 heavy (non-hydrogen) atoms. The van der Waals surface area contributed by atoms with E-state index in [4.69, 9.17) is 5.11 Å². The number of amides is 1. The van der Waals surface area contributed by atoms with E-state index in [2.05, 4.69) is 0 Å². The third-order valence-electron chi connectivity index (χ3n) is 3.45. The van der Waals surface area contributed by atoms with Crippen molar-refractivity contribution in [2.75, 3.05) is 13.1 Å². The van der Waals surface area contributed by atoms with Gasteiger partial charge < -0.3 is 10.0 Å². The molecule has 0 aromatic rings.